The number of hydrogen-bond acceptors (Lipinski definition) is 4. The molecular formula is C30H32FNO3. The third-order valence-corrected chi connectivity index (χ3v) is 7.06. The molecule has 0 radical (unpaired) electrons. The molecule has 35 heavy (non-hydrogen) atoms. The highest BCUT2D eigenvalue weighted by molar-refractivity contribution is 5.86. The predicted octanol–water partition coefficient (Wildman–Crippen LogP) is 6.18. The lowest BCUT2D eigenvalue weighted by molar-refractivity contribution is 0.180. The number of ether oxygens (including phenoxy) is 1. The zero-order valence-corrected chi connectivity index (χ0v) is 20.0. The Morgan fingerprint density at radius 3 is 2.49 bits per heavy atom. The van der Waals surface area contributed by atoms with E-state index in [1.807, 2.05) is 24.3 Å². The Balaban J connectivity index is 1.31. The van der Waals surface area contributed by atoms with Gasteiger partial charge in [0.05, 0.1) is 0 Å². The van der Waals surface area contributed by atoms with Gasteiger partial charge < -0.3 is 14.9 Å². The fourth-order valence-corrected chi connectivity index (χ4v) is 5.17. The minimum absolute atomic E-state index is 0.213. The molecule has 2 aliphatic rings. The fraction of sp³-hybridized carbons (Fsp3) is 0.333. The molecule has 4 nitrogen and oxygen atoms in total. The van der Waals surface area contributed by atoms with Crippen molar-refractivity contribution in [2.24, 2.45) is 0 Å². The van der Waals surface area contributed by atoms with Gasteiger partial charge in [-0.1, -0.05) is 30.7 Å². The molecule has 1 heterocycles. The Labute approximate surface area is 206 Å². The molecule has 5 rings (SSSR count). The van der Waals surface area contributed by atoms with Crippen LogP contribution in [-0.4, -0.2) is 41.4 Å². The highest BCUT2D eigenvalue weighted by Gasteiger charge is 2.17. The van der Waals surface area contributed by atoms with E-state index in [9.17, 15) is 14.6 Å². The first-order valence-electron chi connectivity index (χ1n) is 12.5. The summed E-state index contributed by atoms with van der Waals surface area (Å²) in [5.41, 5.74) is 6.20. The summed E-state index contributed by atoms with van der Waals surface area (Å²) in [6, 6.07) is 16.0. The Morgan fingerprint density at radius 1 is 0.857 bits per heavy atom. The first-order valence-corrected chi connectivity index (χ1v) is 12.5. The number of rotatable bonds is 7. The molecule has 3 aromatic carbocycles. The maximum atomic E-state index is 14.8. The zero-order valence-electron chi connectivity index (χ0n) is 20.0. The molecule has 0 saturated carbocycles. The van der Waals surface area contributed by atoms with E-state index >= 15 is 0 Å². The van der Waals surface area contributed by atoms with E-state index in [1.165, 1.54) is 19.3 Å². The molecule has 5 heteroatoms. The fourth-order valence-electron chi connectivity index (χ4n) is 5.17. The van der Waals surface area contributed by atoms with Crippen LogP contribution in [0.2, 0.25) is 0 Å². The molecule has 0 unspecified atom stereocenters. The van der Waals surface area contributed by atoms with Crippen LogP contribution in [0.4, 0.5) is 4.39 Å². The SMILES string of the molecule is Oc1ccc2c(c1)CCC(c1cc(O)ccc1Cc1ccc(OCCN3CCCCC3)c(F)c1)=C2. The third-order valence-electron chi connectivity index (χ3n) is 7.06. The van der Waals surface area contributed by atoms with E-state index < -0.39 is 0 Å². The van der Waals surface area contributed by atoms with Crippen LogP contribution in [0, 0.1) is 5.82 Å². The lowest BCUT2D eigenvalue weighted by atomic mass is 9.85. The maximum absolute atomic E-state index is 14.8. The summed E-state index contributed by atoms with van der Waals surface area (Å²) in [5, 5.41) is 20.0. The van der Waals surface area contributed by atoms with E-state index in [1.54, 1.807) is 30.3 Å². The predicted molar refractivity (Wildman–Crippen MR) is 137 cm³/mol. The summed E-state index contributed by atoms with van der Waals surface area (Å²) >= 11 is 0. The topological polar surface area (TPSA) is 52.9 Å². The van der Waals surface area contributed by atoms with Crippen molar-refractivity contribution in [3.63, 3.8) is 0 Å². The molecule has 0 aromatic heterocycles. The zero-order chi connectivity index (χ0) is 24.2. The average Bonchev–Trinajstić information content (AvgIpc) is 2.87. The van der Waals surface area contributed by atoms with E-state index in [-0.39, 0.29) is 17.3 Å². The number of piperidine rings is 1. The van der Waals surface area contributed by atoms with Gasteiger partial charge in [-0.05, 0) is 115 Å². The number of likely N-dealkylation sites (tertiary alicyclic amines) is 1. The lowest BCUT2D eigenvalue weighted by Gasteiger charge is -2.26. The smallest absolute Gasteiger partial charge is 0.165 e. The molecule has 2 N–H and O–H groups in total. The molecule has 3 aromatic rings. The molecular weight excluding hydrogens is 441 g/mol. The molecule has 182 valence electrons. The number of aryl methyl sites for hydroxylation is 1. The summed E-state index contributed by atoms with van der Waals surface area (Å²) in [5.74, 6) is 0.447. The van der Waals surface area contributed by atoms with Crippen LogP contribution >= 0.6 is 0 Å². The summed E-state index contributed by atoms with van der Waals surface area (Å²) in [4.78, 5) is 2.38. The minimum Gasteiger partial charge on any atom is -0.508 e. The second-order valence-electron chi connectivity index (χ2n) is 9.59. The maximum Gasteiger partial charge on any atom is 0.165 e. The molecule has 0 bridgehead atoms. The number of hydrogen-bond donors (Lipinski definition) is 2. The van der Waals surface area contributed by atoms with Crippen molar-refractivity contribution >= 4 is 11.6 Å². The van der Waals surface area contributed by atoms with Gasteiger partial charge in [0.2, 0.25) is 0 Å². The molecule has 1 aliphatic heterocycles. The number of allylic oxidation sites excluding steroid dienone is 1. The van der Waals surface area contributed by atoms with Gasteiger partial charge >= 0.3 is 0 Å². The van der Waals surface area contributed by atoms with Crippen LogP contribution in [0.1, 0.15) is 53.5 Å². The second kappa shape index (κ2) is 10.5. The van der Waals surface area contributed by atoms with E-state index in [0.29, 0.717) is 18.8 Å². The lowest BCUT2D eigenvalue weighted by Crippen LogP contribution is -2.33. The van der Waals surface area contributed by atoms with Crippen molar-refractivity contribution in [2.75, 3.05) is 26.2 Å². The Kier molecular flexibility index (Phi) is 7.05. The van der Waals surface area contributed by atoms with E-state index in [4.69, 9.17) is 4.74 Å². The Morgan fingerprint density at radius 2 is 1.66 bits per heavy atom. The highest BCUT2D eigenvalue weighted by Crippen LogP contribution is 2.35. The third kappa shape index (κ3) is 5.68. The molecule has 0 atom stereocenters. The molecule has 1 fully saturated rings. The molecule has 0 spiro atoms. The normalized spacial score (nSPS) is 16.0. The molecule has 1 saturated heterocycles. The van der Waals surface area contributed by atoms with Crippen LogP contribution in [0.5, 0.6) is 17.2 Å². The van der Waals surface area contributed by atoms with Gasteiger partial charge in [-0.2, -0.15) is 0 Å². The van der Waals surface area contributed by atoms with Crippen LogP contribution in [0.15, 0.2) is 54.6 Å². The minimum atomic E-state index is -0.341. The van der Waals surface area contributed by atoms with Gasteiger partial charge in [0.25, 0.3) is 0 Å². The monoisotopic (exact) mass is 473 g/mol. The number of nitrogens with zero attached hydrogens (tertiary/aromatic N) is 1. The van der Waals surface area contributed by atoms with Gasteiger partial charge in [0, 0.05) is 6.54 Å². The Bertz CT molecular complexity index is 1230. The number of fused-ring (bicyclic) bond motifs is 1. The van der Waals surface area contributed by atoms with Gasteiger partial charge in [-0.3, -0.25) is 4.90 Å². The largest absolute Gasteiger partial charge is 0.508 e. The van der Waals surface area contributed by atoms with Crippen LogP contribution in [0.25, 0.3) is 11.6 Å². The second-order valence-corrected chi connectivity index (χ2v) is 9.59. The molecule has 1 aliphatic carbocycles. The van der Waals surface area contributed by atoms with Gasteiger partial charge in [-0.25, -0.2) is 4.39 Å². The van der Waals surface area contributed by atoms with Crippen molar-refractivity contribution in [1.82, 2.24) is 4.90 Å². The molecule has 0 amide bonds. The number of benzene rings is 3. The first-order chi connectivity index (χ1) is 17.0. The van der Waals surface area contributed by atoms with Crippen molar-refractivity contribution in [3.05, 3.63) is 88.2 Å². The number of aromatic hydroxyl groups is 2. The van der Waals surface area contributed by atoms with E-state index in [0.717, 1.165) is 65.9 Å². The summed E-state index contributed by atoms with van der Waals surface area (Å²) in [7, 11) is 0. The van der Waals surface area contributed by atoms with Crippen LogP contribution in [-0.2, 0) is 12.8 Å². The van der Waals surface area contributed by atoms with Crippen molar-refractivity contribution < 1.29 is 19.3 Å². The van der Waals surface area contributed by atoms with Gasteiger partial charge in [0.1, 0.15) is 18.1 Å². The van der Waals surface area contributed by atoms with Crippen LogP contribution in [0.3, 0.4) is 0 Å². The van der Waals surface area contributed by atoms with Gasteiger partial charge in [0.15, 0.2) is 11.6 Å². The van der Waals surface area contributed by atoms with Crippen molar-refractivity contribution in [2.45, 2.75) is 38.5 Å². The first kappa shape index (κ1) is 23.4. The van der Waals surface area contributed by atoms with Crippen molar-refractivity contribution in [1.29, 1.82) is 0 Å². The standard InChI is InChI=1S/C30H32FNO3/c31-29-17-21(4-11-30(29)35-15-14-32-12-2-1-3-13-32)16-24-8-10-27(34)20-28(24)25-6-5-23-19-26(33)9-7-22(23)18-25/h4,7-11,17-20,33-34H,1-3,5-6,12-16H2. The summed E-state index contributed by atoms with van der Waals surface area (Å²) < 4.78 is 20.6. The van der Waals surface area contributed by atoms with Gasteiger partial charge in [-0.15, -0.1) is 0 Å². The number of phenols is 2. The number of halogens is 1. The van der Waals surface area contributed by atoms with Crippen LogP contribution < -0.4 is 4.74 Å². The number of phenolic OH excluding ortho intramolecular Hbond substituents is 2. The highest BCUT2D eigenvalue weighted by atomic mass is 19.1. The Hall–Kier alpha value is -3.31. The quantitative estimate of drug-likeness (QED) is 0.430. The summed E-state index contributed by atoms with van der Waals surface area (Å²) in [6.45, 7) is 3.52. The average molecular weight is 474 g/mol. The van der Waals surface area contributed by atoms with Crippen molar-refractivity contribution in [3.8, 4) is 17.2 Å². The van der Waals surface area contributed by atoms with E-state index in [2.05, 4.69) is 11.0 Å². The summed E-state index contributed by atoms with van der Waals surface area (Å²) in [6.07, 6.45) is 8.07.